The second-order valence-electron chi connectivity index (χ2n) is 2.02. The summed E-state index contributed by atoms with van der Waals surface area (Å²) in [5, 5.41) is 10.6. The lowest BCUT2D eigenvalue weighted by Gasteiger charge is -2.03. The van der Waals surface area contributed by atoms with E-state index in [-0.39, 0.29) is 24.0 Å². The van der Waals surface area contributed by atoms with Crippen molar-refractivity contribution in [3.63, 3.8) is 0 Å². The predicted molar refractivity (Wildman–Crippen MR) is 72.2 cm³/mol. The van der Waals surface area contributed by atoms with Crippen LogP contribution in [-0.2, 0) is 0 Å². The van der Waals surface area contributed by atoms with Gasteiger partial charge >= 0.3 is 0 Å². The van der Waals surface area contributed by atoms with Crippen molar-refractivity contribution in [1.29, 1.82) is 5.41 Å². The zero-order valence-electron chi connectivity index (χ0n) is 6.87. The average molecular weight is 374 g/mol. The van der Waals surface area contributed by atoms with Crippen LogP contribution >= 0.6 is 51.7 Å². The van der Waals surface area contributed by atoms with E-state index in [4.69, 9.17) is 5.41 Å². The highest BCUT2D eigenvalue weighted by Gasteiger charge is 1.96. The van der Waals surface area contributed by atoms with E-state index in [2.05, 4.69) is 26.2 Å². The zero-order valence-corrected chi connectivity index (χ0v) is 11.6. The Morgan fingerprint density at radius 2 is 2.38 bits per heavy atom. The molecule has 0 amide bonds. The molecular formula is C7H9BrIN3S. The van der Waals surface area contributed by atoms with Gasteiger partial charge in [-0.15, -0.1) is 24.0 Å². The minimum atomic E-state index is 0. The molecule has 1 aromatic heterocycles. The lowest BCUT2D eigenvalue weighted by atomic mass is 10.5. The van der Waals surface area contributed by atoms with Crippen molar-refractivity contribution >= 4 is 62.7 Å². The largest absolute Gasteiger partial charge is 0.320 e. The van der Waals surface area contributed by atoms with Crippen molar-refractivity contribution in [2.24, 2.45) is 0 Å². The van der Waals surface area contributed by atoms with Gasteiger partial charge in [-0.05, 0) is 18.4 Å². The number of hydrogen-bond acceptors (Lipinski definition) is 3. The summed E-state index contributed by atoms with van der Waals surface area (Å²) in [7, 11) is 0. The number of halogens is 2. The maximum absolute atomic E-state index is 7.34. The Morgan fingerprint density at radius 1 is 1.69 bits per heavy atom. The first-order valence-electron chi connectivity index (χ1n) is 3.23. The highest BCUT2D eigenvalue weighted by atomic mass is 127. The summed E-state index contributed by atoms with van der Waals surface area (Å²) in [4.78, 5) is 4.03. The van der Waals surface area contributed by atoms with Crippen LogP contribution in [0.4, 0.5) is 5.82 Å². The maximum Gasteiger partial charge on any atom is 0.159 e. The quantitative estimate of drug-likeness (QED) is 0.451. The molecule has 0 atom stereocenters. The molecule has 0 aliphatic heterocycles. The molecule has 0 aromatic carbocycles. The summed E-state index contributed by atoms with van der Waals surface area (Å²) in [5.41, 5.74) is 0. The van der Waals surface area contributed by atoms with Gasteiger partial charge in [0.15, 0.2) is 5.17 Å². The van der Waals surface area contributed by atoms with E-state index in [1.807, 2.05) is 18.4 Å². The minimum absolute atomic E-state index is 0. The normalized spacial score (nSPS) is 8.77. The number of aromatic nitrogens is 1. The zero-order chi connectivity index (χ0) is 8.97. The Morgan fingerprint density at radius 3 is 2.92 bits per heavy atom. The van der Waals surface area contributed by atoms with Gasteiger partial charge in [-0.2, -0.15) is 0 Å². The fourth-order valence-electron chi connectivity index (χ4n) is 0.640. The van der Waals surface area contributed by atoms with Gasteiger partial charge in [0, 0.05) is 10.7 Å². The van der Waals surface area contributed by atoms with Gasteiger partial charge in [0.05, 0.1) is 0 Å². The number of pyridine rings is 1. The molecule has 0 unspecified atom stereocenters. The van der Waals surface area contributed by atoms with E-state index in [1.165, 1.54) is 11.8 Å². The molecule has 1 heterocycles. The van der Waals surface area contributed by atoms with E-state index < -0.39 is 0 Å². The van der Waals surface area contributed by atoms with Crippen molar-refractivity contribution in [1.82, 2.24) is 4.98 Å². The predicted octanol–water partition coefficient (Wildman–Crippen LogP) is 3.17. The third-order valence-corrected chi connectivity index (χ3v) is 2.17. The van der Waals surface area contributed by atoms with E-state index in [0.717, 1.165) is 4.47 Å². The molecule has 1 rings (SSSR count). The first-order valence-corrected chi connectivity index (χ1v) is 5.25. The number of amidine groups is 1. The molecule has 2 N–H and O–H groups in total. The van der Waals surface area contributed by atoms with Gasteiger partial charge in [0.25, 0.3) is 0 Å². The third kappa shape index (κ3) is 4.82. The molecule has 0 spiro atoms. The summed E-state index contributed by atoms with van der Waals surface area (Å²) in [5.74, 6) is 0.684. The molecule has 72 valence electrons. The van der Waals surface area contributed by atoms with Crippen LogP contribution in [0.25, 0.3) is 0 Å². The van der Waals surface area contributed by atoms with Crippen LogP contribution in [-0.4, -0.2) is 16.4 Å². The van der Waals surface area contributed by atoms with Gasteiger partial charge < -0.3 is 5.32 Å². The maximum atomic E-state index is 7.34. The smallest absolute Gasteiger partial charge is 0.159 e. The minimum Gasteiger partial charge on any atom is -0.320 e. The van der Waals surface area contributed by atoms with Crippen molar-refractivity contribution < 1.29 is 0 Å². The summed E-state index contributed by atoms with van der Waals surface area (Å²) < 4.78 is 0.953. The molecule has 0 aliphatic rings. The fraction of sp³-hybridized carbons (Fsp3) is 0.143. The van der Waals surface area contributed by atoms with Crippen molar-refractivity contribution in [3.05, 3.63) is 22.8 Å². The van der Waals surface area contributed by atoms with Crippen molar-refractivity contribution in [3.8, 4) is 0 Å². The van der Waals surface area contributed by atoms with Crippen LogP contribution < -0.4 is 5.32 Å². The molecule has 6 heteroatoms. The Balaban J connectivity index is 0.00000144. The van der Waals surface area contributed by atoms with Gasteiger partial charge in [0.1, 0.15) is 5.82 Å². The monoisotopic (exact) mass is 373 g/mol. The topological polar surface area (TPSA) is 48.8 Å². The first-order chi connectivity index (χ1) is 5.72. The van der Waals surface area contributed by atoms with Crippen LogP contribution in [0.5, 0.6) is 0 Å². The summed E-state index contributed by atoms with van der Waals surface area (Å²) in [6, 6.07) is 3.67. The number of nitrogens with zero attached hydrogens (tertiary/aromatic N) is 1. The van der Waals surface area contributed by atoms with Gasteiger partial charge in [-0.3, -0.25) is 5.41 Å². The average Bonchev–Trinajstić information content (AvgIpc) is 2.04. The second kappa shape index (κ2) is 6.61. The highest BCUT2D eigenvalue weighted by molar-refractivity contribution is 14.0. The summed E-state index contributed by atoms with van der Waals surface area (Å²) >= 11 is 4.66. The number of anilines is 1. The molecule has 0 radical (unpaired) electrons. The third-order valence-electron chi connectivity index (χ3n) is 1.17. The standard InChI is InChI=1S/C7H8BrN3S.HI/c1-12-7(9)11-6-4-5(8)2-3-10-6;/h2-4H,1H3,(H2,9,10,11);1H. The number of hydrogen-bond donors (Lipinski definition) is 2. The molecule has 13 heavy (non-hydrogen) atoms. The van der Waals surface area contributed by atoms with E-state index in [1.54, 1.807) is 6.20 Å². The molecular weight excluding hydrogens is 365 g/mol. The molecule has 0 bridgehead atoms. The molecule has 0 saturated heterocycles. The van der Waals surface area contributed by atoms with Gasteiger partial charge in [-0.1, -0.05) is 27.7 Å². The lowest BCUT2D eigenvalue weighted by molar-refractivity contribution is 1.31. The van der Waals surface area contributed by atoms with E-state index >= 15 is 0 Å². The Kier molecular flexibility index (Phi) is 6.70. The molecule has 3 nitrogen and oxygen atoms in total. The lowest BCUT2D eigenvalue weighted by Crippen LogP contribution is -2.06. The van der Waals surface area contributed by atoms with Crippen LogP contribution in [0.15, 0.2) is 22.8 Å². The summed E-state index contributed by atoms with van der Waals surface area (Å²) in [6.45, 7) is 0. The van der Waals surface area contributed by atoms with Crippen molar-refractivity contribution in [2.45, 2.75) is 0 Å². The highest BCUT2D eigenvalue weighted by Crippen LogP contribution is 2.13. The molecule has 0 saturated carbocycles. The van der Waals surface area contributed by atoms with E-state index in [0.29, 0.717) is 11.0 Å². The molecule has 0 fully saturated rings. The second-order valence-corrected chi connectivity index (χ2v) is 3.75. The van der Waals surface area contributed by atoms with Crippen LogP contribution in [0.3, 0.4) is 0 Å². The number of thioether (sulfide) groups is 1. The molecule has 1 aromatic rings. The fourth-order valence-corrected chi connectivity index (χ4v) is 1.18. The van der Waals surface area contributed by atoms with Crippen LogP contribution in [0.1, 0.15) is 0 Å². The van der Waals surface area contributed by atoms with Crippen LogP contribution in [0, 0.1) is 5.41 Å². The Labute approximate surface area is 107 Å². The number of rotatable bonds is 1. The first kappa shape index (κ1) is 13.2. The molecule has 0 aliphatic carbocycles. The van der Waals surface area contributed by atoms with Gasteiger partial charge in [0.2, 0.25) is 0 Å². The van der Waals surface area contributed by atoms with Crippen LogP contribution in [0.2, 0.25) is 0 Å². The number of nitrogens with one attached hydrogen (secondary N) is 2. The Bertz CT molecular complexity index is 295. The van der Waals surface area contributed by atoms with Crippen molar-refractivity contribution in [2.75, 3.05) is 11.6 Å². The summed E-state index contributed by atoms with van der Waals surface area (Å²) in [6.07, 6.45) is 3.52. The van der Waals surface area contributed by atoms with Gasteiger partial charge in [-0.25, -0.2) is 4.98 Å². The Hall–Kier alpha value is 0.180. The SMILES string of the molecule is CSC(=N)Nc1cc(Br)ccn1.I. The van der Waals surface area contributed by atoms with E-state index in [9.17, 15) is 0 Å².